The van der Waals surface area contributed by atoms with Crippen LogP contribution in [0.2, 0.25) is 0 Å². The molecule has 1 nitrogen and oxygen atoms in total. The van der Waals surface area contributed by atoms with E-state index in [0.29, 0.717) is 0 Å². The van der Waals surface area contributed by atoms with E-state index in [1.807, 2.05) is 6.07 Å². The molecule has 0 saturated heterocycles. The van der Waals surface area contributed by atoms with E-state index in [9.17, 15) is 0 Å². The summed E-state index contributed by atoms with van der Waals surface area (Å²) in [5.41, 5.74) is 7.58. The molecular formula is C27H16O. The number of hydrogen-bond acceptors (Lipinski definition) is 1. The van der Waals surface area contributed by atoms with Gasteiger partial charge in [0.15, 0.2) is 0 Å². The first-order chi connectivity index (χ1) is 13.9. The van der Waals surface area contributed by atoms with Crippen LogP contribution in [-0.4, -0.2) is 0 Å². The molecule has 0 radical (unpaired) electrons. The molecule has 7 rings (SSSR count). The molecule has 0 unspecified atom stereocenters. The molecule has 0 fully saturated rings. The van der Waals surface area contributed by atoms with Crippen molar-refractivity contribution in [3.8, 4) is 11.1 Å². The van der Waals surface area contributed by atoms with Crippen LogP contribution in [0.3, 0.4) is 0 Å². The molecule has 1 aromatic heterocycles. The van der Waals surface area contributed by atoms with Gasteiger partial charge in [-0.15, -0.1) is 0 Å². The van der Waals surface area contributed by atoms with Crippen LogP contribution in [0.25, 0.3) is 54.6 Å². The summed E-state index contributed by atoms with van der Waals surface area (Å²) < 4.78 is 6.19. The van der Waals surface area contributed by atoms with Crippen LogP contribution >= 0.6 is 0 Å². The molecular weight excluding hydrogens is 340 g/mol. The van der Waals surface area contributed by atoms with E-state index in [1.54, 1.807) is 0 Å². The zero-order valence-electron chi connectivity index (χ0n) is 15.2. The topological polar surface area (TPSA) is 13.1 Å². The van der Waals surface area contributed by atoms with Gasteiger partial charge in [0, 0.05) is 16.2 Å². The molecule has 130 valence electrons. The largest absolute Gasteiger partial charge is 0.456 e. The summed E-state index contributed by atoms with van der Waals surface area (Å²) in [5, 5.41) is 7.76. The molecule has 1 aliphatic carbocycles. The van der Waals surface area contributed by atoms with Crippen molar-refractivity contribution in [1.82, 2.24) is 0 Å². The molecule has 0 amide bonds. The summed E-state index contributed by atoms with van der Waals surface area (Å²) in [6.07, 6.45) is 0.994. The first-order valence-corrected chi connectivity index (χ1v) is 9.76. The van der Waals surface area contributed by atoms with E-state index in [0.717, 1.165) is 17.6 Å². The van der Waals surface area contributed by atoms with Gasteiger partial charge in [-0.3, -0.25) is 0 Å². The molecule has 0 N–H and O–H groups in total. The molecule has 0 atom stereocenters. The summed E-state index contributed by atoms with van der Waals surface area (Å²) in [6, 6.07) is 30.5. The van der Waals surface area contributed by atoms with Gasteiger partial charge in [-0.25, -0.2) is 0 Å². The smallest absolute Gasteiger partial charge is 0.136 e. The third kappa shape index (κ3) is 1.67. The molecule has 0 bridgehead atoms. The Morgan fingerprint density at radius 1 is 0.536 bits per heavy atom. The summed E-state index contributed by atoms with van der Waals surface area (Å²) in [6.45, 7) is 0. The second-order valence-electron chi connectivity index (χ2n) is 7.69. The van der Waals surface area contributed by atoms with Crippen LogP contribution in [-0.2, 0) is 6.42 Å². The first kappa shape index (κ1) is 14.5. The van der Waals surface area contributed by atoms with Crippen molar-refractivity contribution >= 4 is 43.5 Å². The number of furan rings is 1. The Bertz CT molecular complexity index is 1580. The summed E-state index contributed by atoms with van der Waals surface area (Å²) in [4.78, 5) is 0. The molecule has 1 heteroatoms. The van der Waals surface area contributed by atoms with Crippen molar-refractivity contribution in [1.29, 1.82) is 0 Å². The van der Waals surface area contributed by atoms with Gasteiger partial charge in [-0.2, -0.15) is 0 Å². The zero-order valence-corrected chi connectivity index (χ0v) is 15.2. The fourth-order valence-corrected chi connectivity index (χ4v) is 5.16. The molecule has 0 aliphatic heterocycles. The first-order valence-electron chi connectivity index (χ1n) is 9.76. The molecule has 0 spiro atoms. The number of fused-ring (bicyclic) bond motifs is 12. The van der Waals surface area contributed by atoms with E-state index < -0.39 is 0 Å². The van der Waals surface area contributed by atoms with Crippen LogP contribution < -0.4 is 0 Å². The second kappa shape index (κ2) is 5.02. The van der Waals surface area contributed by atoms with Crippen LogP contribution in [0.1, 0.15) is 11.1 Å². The van der Waals surface area contributed by atoms with Crippen LogP contribution in [0.15, 0.2) is 89.3 Å². The minimum absolute atomic E-state index is 0.956. The van der Waals surface area contributed by atoms with Gasteiger partial charge in [0.2, 0.25) is 0 Å². The second-order valence-corrected chi connectivity index (χ2v) is 7.69. The van der Waals surface area contributed by atoms with Gasteiger partial charge in [0.05, 0.1) is 0 Å². The average Bonchev–Trinajstić information content (AvgIpc) is 3.32. The van der Waals surface area contributed by atoms with E-state index in [1.165, 1.54) is 54.6 Å². The normalized spacial score (nSPS) is 12.9. The molecule has 6 aromatic rings. The minimum atomic E-state index is 0.956. The van der Waals surface area contributed by atoms with Crippen molar-refractivity contribution in [3.63, 3.8) is 0 Å². The monoisotopic (exact) mass is 356 g/mol. The highest BCUT2D eigenvalue weighted by Gasteiger charge is 2.25. The molecule has 5 aromatic carbocycles. The maximum Gasteiger partial charge on any atom is 0.136 e. The molecule has 28 heavy (non-hydrogen) atoms. The summed E-state index contributed by atoms with van der Waals surface area (Å²) in [7, 11) is 0. The predicted octanol–water partition coefficient (Wildman–Crippen LogP) is 7.46. The highest BCUT2D eigenvalue weighted by atomic mass is 16.3. The van der Waals surface area contributed by atoms with Gasteiger partial charge in [0.1, 0.15) is 11.2 Å². The van der Waals surface area contributed by atoms with Crippen molar-refractivity contribution in [2.75, 3.05) is 0 Å². The summed E-state index contributed by atoms with van der Waals surface area (Å²) in [5.74, 6) is 0. The standard InChI is InChI=1S/C27H16O/c1-2-8-17-16(7-1)15-22-20-13-14-24-27(21-11-5-6-12-23(21)28-24)26(20)19-10-4-3-9-18(19)25(17)22/h1-14H,15H2. The zero-order chi connectivity index (χ0) is 18.2. The molecule has 0 saturated carbocycles. The van der Waals surface area contributed by atoms with Crippen LogP contribution in [0, 0.1) is 0 Å². The van der Waals surface area contributed by atoms with Gasteiger partial charge in [-0.05, 0) is 57.0 Å². The van der Waals surface area contributed by atoms with E-state index in [4.69, 9.17) is 4.42 Å². The van der Waals surface area contributed by atoms with Crippen molar-refractivity contribution in [2.45, 2.75) is 6.42 Å². The van der Waals surface area contributed by atoms with Crippen molar-refractivity contribution in [3.05, 3.63) is 96.1 Å². The molecule has 1 heterocycles. The summed E-state index contributed by atoms with van der Waals surface area (Å²) >= 11 is 0. The Hall–Kier alpha value is -3.58. The van der Waals surface area contributed by atoms with Crippen molar-refractivity contribution in [2.24, 2.45) is 0 Å². The Labute approximate surface area is 161 Å². The maximum absolute atomic E-state index is 6.19. The lowest BCUT2D eigenvalue weighted by molar-refractivity contribution is 0.669. The highest BCUT2D eigenvalue weighted by Crippen LogP contribution is 2.48. The van der Waals surface area contributed by atoms with Gasteiger partial charge < -0.3 is 4.42 Å². The number of benzene rings is 5. The fourth-order valence-electron chi connectivity index (χ4n) is 5.16. The lowest BCUT2D eigenvalue weighted by Crippen LogP contribution is -1.88. The number of para-hydroxylation sites is 1. The van der Waals surface area contributed by atoms with E-state index in [2.05, 4.69) is 78.9 Å². The minimum Gasteiger partial charge on any atom is -0.456 e. The van der Waals surface area contributed by atoms with Gasteiger partial charge in [0.25, 0.3) is 0 Å². The fraction of sp³-hybridized carbons (Fsp3) is 0.0370. The predicted molar refractivity (Wildman–Crippen MR) is 117 cm³/mol. The Balaban J connectivity index is 1.80. The lowest BCUT2D eigenvalue weighted by Gasteiger charge is -2.13. The quantitative estimate of drug-likeness (QED) is 0.257. The van der Waals surface area contributed by atoms with E-state index >= 15 is 0 Å². The maximum atomic E-state index is 6.19. The van der Waals surface area contributed by atoms with Crippen LogP contribution in [0.5, 0.6) is 0 Å². The number of hydrogen-bond donors (Lipinski definition) is 0. The van der Waals surface area contributed by atoms with Crippen molar-refractivity contribution < 1.29 is 4.42 Å². The Morgan fingerprint density at radius 3 is 2.21 bits per heavy atom. The van der Waals surface area contributed by atoms with Gasteiger partial charge in [-0.1, -0.05) is 72.8 Å². The van der Waals surface area contributed by atoms with Crippen LogP contribution in [0.4, 0.5) is 0 Å². The Morgan fingerprint density at radius 2 is 1.29 bits per heavy atom. The SMILES string of the molecule is c1ccc2c(c1)Cc1c-2c2ccccc2c2c1ccc1oc3ccccc3c12. The van der Waals surface area contributed by atoms with E-state index in [-0.39, 0.29) is 0 Å². The number of rotatable bonds is 0. The average molecular weight is 356 g/mol. The molecule has 1 aliphatic rings. The lowest BCUT2D eigenvalue weighted by atomic mass is 9.89. The van der Waals surface area contributed by atoms with Gasteiger partial charge >= 0.3 is 0 Å². The third-order valence-electron chi connectivity index (χ3n) is 6.29. The Kier molecular flexibility index (Phi) is 2.60. The highest BCUT2D eigenvalue weighted by molar-refractivity contribution is 6.29. The third-order valence-corrected chi connectivity index (χ3v) is 6.29.